The van der Waals surface area contributed by atoms with Gasteiger partial charge in [-0.3, -0.25) is 15.1 Å². The van der Waals surface area contributed by atoms with Crippen molar-refractivity contribution in [3.63, 3.8) is 0 Å². The van der Waals surface area contributed by atoms with E-state index in [2.05, 4.69) is 10.3 Å². The highest BCUT2D eigenvalue weighted by molar-refractivity contribution is 6.33. The monoisotopic (exact) mass is 370 g/mol. The summed E-state index contributed by atoms with van der Waals surface area (Å²) in [5.74, 6) is 0.220. The first-order valence-corrected chi connectivity index (χ1v) is 8.47. The van der Waals surface area contributed by atoms with E-state index in [1.54, 1.807) is 20.8 Å². The Balaban J connectivity index is 2.19. The Morgan fingerprint density at radius 3 is 2.72 bits per heavy atom. The molecule has 138 valence electrons. The summed E-state index contributed by atoms with van der Waals surface area (Å²) in [7, 11) is 0. The standard InChI is InChI=1S/C16H23ClN4O4/c1-10-5-11(19-15(22)25-16(2,3)4)9-20(8-10)14-12(17)6-18-7-13(14)21(23)24/h6-7,10-11H,5,8-9H2,1-4H3,(H,19,22)/t10-,11+/m1/s1. The largest absolute Gasteiger partial charge is 0.444 e. The maximum absolute atomic E-state index is 12.0. The van der Waals surface area contributed by atoms with Crippen molar-refractivity contribution in [2.24, 2.45) is 5.92 Å². The lowest BCUT2D eigenvalue weighted by atomic mass is 9.95. The molecule has 1 aromatic heterocycles. The van der Waals surface area contributed by atoms with Crippen LogP contribution in [0.5, 0.6) is 0 Å². The molecular weight excluding hydrogens is 348 g/mol. The van der Waals surface area contributed by atoms with Gasteiger partial charge in [-0.05, 0) is 33.1 Å². The van der Waals surface area contributed by atoms with Crippen LogP contribution in [-0.2, 0) is 4.74 Å². The van der Waals surface area contributed by atoms with Gasteiger partial charge in [0.1, 0.15) is 17.5 Å². The molecule has 1 saturated heterocycles. The number of anilines is 1. The fraction of sp³-hybridized carbons (Fsp3) is 0.625. The molecule has 1 amide bonds. The summed E-state index contributed by atoms with van der Waals surface area (Å²) in [5, 5.41) is 14.4. The summed E-state index contributed by atoms with van der Waals surface area (Å²) >= 11 is 6.17. The number of alkyl carbamates (subject to hydrolysis) is 1. The Morgan fingerprint density at radius 2 is 2.12 bits per heavy atom. The van der Waals surface area contributed by atoms with Gasteiger partial charge < -0.3 is 15.0 Å². The lowest BCUT2D eigenvalue weighted by Gasteiger charge is -2.38. The third-order valence-electron chi connectivity index (χ3n) is 3.75. The highest BCUT2D eigenvalue weighted by Gasteiger charge is 2.32. The van der Waals surface area contributed by atoms with E-state index in [0.717, 1.165) is 6.42 Å². The number of hydrogen-bond acceptors (Lipinski definition) is 6. The van der Waals surface area contributed by atoms with Gasteiger partial charge in [-0.2, -0.15) is 0 Å². The maximum Gasteiger partial charge on any atom is 0.407 e. The van der Waals surface area contributed by atoms with Crippen LogP contribution in [0.2, 0.25) is 5.02 Å². The third kappa shape index (κ3) is 5.19. The summed E-state index contributed by atoms with van der Waals surface area (Å²) in [5.41, 5.74) is -0.390. The van der Waals surface area contributed by atoms with Crippen molar-refractivity contribution in [3.8, 4) is 0 Å². The number of halogens is 1. The van der Waals surface area contributed by atoms with Crippen LogP contribution in [-0.4, -0.2) is 40.7 Å². The van der Waals surface area contributed by atoms with E-state index in [9.17, 15) is 14.9 Å². The van der Waals surface area contributed by atoms with E-state index in [1.807, 2.05) is 11.8 Å². The molecule has 0 spiro atoms. The zero-order chi connectivity index (χ0) is 18.8. The fourth-order valence-corrected chi connectivity index (χ4v) is 3.25. The third-order valence-corrected chi connectivity index (χ3v) is 4.02. The normalized spacial score (nSPS) is 20.9. The first-order chi connectivity index (χ1) is 11.6. The second kappa shape index (κ2) is 7.43. The topological polar surface area (TPSA) is 97.6 Å². The summed E-state index contributed by atoms with van der Waals surface area (Å²) in [4.78, 5) is 28.5. The second-order valence-corrected chi connectivity index (χ2v) is 7.74. The molecule has 25 heavy (non-hydrogen) atoms. The Bertz CT molecular complexity index is 662. The molecule has 0 bridgehead atoms. The van der Waals surface area contributed by atoms with Gasteiger partial charge in [0.25, 0.3) is 0 Å². The average molecular weight is 371 g/mol. The van der Waals surface area contributed by atoms with E-state index in [-0.39, 0.29) is 22.7 Å². The zero-order valence-corrected chi connectivity index (χ0v) is 15.5. The van der Waals surface area contributed by atoms with Gasteiger partial charge in [-0.1, -0.05) is 18.5 Å². The van der Waals surface area contributed by atoms with Crippen LogP contribution in [0, 0.1) is 16.0 Å². The number of carbonyl (C=O) groups excluding carboxylic acids is 1. The van der Waals surface area contributed by atoms with Gasteiger partial charge in [-0.25, -0.2) is 4.79 Å². The average Bonchev–Trinajstić information content (AvgIpc) is 2.43. The zero-order valence-electron chi connectivity index (χ0n) is 14.8. The van der Waals surface area contributed by atoms with E-state index < -0.39 is 16.6 Å². The highest BCUT2D eigenvalue weighted by Crippen LogP contribution is 2.36. The molecule has 0 aromatic carbocycles. The first-order valence-electron chi connectivity index (χ1n) is 8.09. The molecule has 1 aliphatic rings. The lowest BCUT2D eigenvalue weighted by molar-refractivity contribution is -0.384. The SMILES string of the molecule is C[C@@H]1C[C@H](NC(=O)OC(C)(C)C)CN(c2c(Cl)cncc2[N+](=O)[O-])C1. The molecular formula is C16H23ClN4O4. The Kier molecular flexibility index (Phi) is 5.72. The second-order valence-electron chi connectivity index (χ2n) is 7.34. The number of hydrogen-bond donors (Lipinski definition) is 1. The van der Waals surface area contributed by atoms with Crippen molar-refractivity contribution in [2.75, 3.05) is 18.0 Å². The number of aromatic nitrogens is 1. The van der Waals surface area contributed by atoms with Crippen LogP contribution >= 0.6 is 11.6 Å². The number of amides is 1. The van der Waals surface area contributed by atoms with Gasteiger partial charge in [0.2, 0.25) is 0 Å². The number of pyridine rings is 1. The minimum absolute atomic E-state index is 0.141. The molecule has 0 saturated carbocycles. The van der Waals surface area contributed by atoms with Crippen molar-refractivity contribution < 1.29 is 14.5 Å². The number of nitrogens with zero attached hydrogens (tertiary/aromatic N) is 3. The molecule has 2 atom stereocenters. The van der Waals surface area contributed by atoms with Gasteiger partial charge in [0, 0.05) is 25.3 Å². The summed E-state index contributed by atoms with van der Waals surface area (Å²) < 4.78 is 5.29. The van der Waals surface area contributed by atoms with Crippen LogP contribution in [0.25, 0.3) is 0 Å². The van der Waals surface area contributed by atoms with E-state index in [0.29, 0.717) is 18.8 Å². The van der Waals surface area contributed by atoms with Crippen LogP contribution in [0.3, 0.4) is 0 Å². The Hall–Kier alpha value is -2.09. The number of ether oxygens (including phenoxy) is 1. The Morgan fingerprint density at radius 1 is 1.44 bits per heavy atom. The van der Waals surface area contributed by atoms with Gasteiger partial charge in [-0.15, -0.1) is 0 Å². The summed E-state index contributed by atoms with van der Waals surface area (Å²) in [6, 6.07) is -0.192. The van der Waals surface area contributed by atoms with E-state index in [4.69, 9.17) is 16.3 Å². The van der Waals surface area contributed by atoms with Crippen LogP contribution < -0.4 is 10.2 Å². The van der Waals surface area contributed by atoms with E-state index >= 15 is 0 Å². The molecule has 2 rings (SSSR count). The fourth-order valence-electron chi connectivity index (χ4n) is 2.98. The molecule has 1 fully saturated rings. The van der Waals surface area contributed by atoms with Crippen molar-refractivity contribution in [3.05, 3.63) is 27.5 Å². The van der Waals surface area contributed by atoms with Crippen molar-refractivity contribution in [1.82, 2.24) is 10.3 Å². The smallest absolute Gasteiger partial charge is 0.407 e. The predicted molar refractivity (Wildman–Crippen MR) is 95.1 cm³/mol. The molecule has 0 aliphatic carbocycles. The number of rotatable bonds is 3. The first kappa shape index (κ1) is 19.2. The van der Waals surface area contributed by atoms with E-state index in [1.165, 1.54) is 12.4 Å². The highest BCUT2D eigenvalue weighted by atomic mass is 35.5. The minimum atomic E-state index is -0.586. The molecule has 9 heteroatoms. The molecule has 0 radical (unpaired) electrons. The number of nitro groups is 1. The molecule has 1 N–H and O–H groups in total. The van der Waals surface area contributed by atoms with Crippen molar-refractivity contribution in [1.29, 1.82) is 0 Å². The lowest BCUT2D eigenvalue weighted by Crippen LogP contribution is -2.51. The van der Waals surface area contributed by atoms with Crippen LogP contribution in [0.1, 0.15) is 34.1 Å². The molecule has 0 unspecified atom stereocenters. The minimum Gasteiger partial charge on any atom is -0.444 e. The summed E-state index contributed by atoms with van der Waals surface area (Å²) in [6.07, 6.45) is 2.84. The molecule has 1 aromatic rings. The van der Waals surface area contributed by atoms with Gasteiger partial charge >= 0.3 is 11.8 Å². The predicted octanol–water partition coefficient (Wildman–Crippen LogP) is 3.38. The summed E-state index contributed by atoms with van der Waals surface area (Å²) in [6.45, 7) is 8.43. The molecule has 2 heterocycles. The number of carbonyl (C=O) groups is 1. The number of nitrogens with one attached hydrogen (secondary N) is 1. The van der Waals surface area contributed by atoms with Crippen molar-refractivity contribution in [2.45, 2.75) is 45.8 Å². The quantitative estimate of drug-likeness (QED) is 0.647. The molecule has 8 nitrogen and oxygen atoms in total. The van der Waals surface area contributed by atoms with Gasteiger partial charge in [0.15, 0.2) is 0 Å². The van der Waals surface area contributed by atoms with Crippen molar-refractivity contribution >= 4 is 29.1 Å². The van der Waals surface area contributed by atoms with Crippen LogP contribution in [0.4, 0.5) is 16.2 Å². The molecule has 1 aliphatic heterocycles. The number of piperidine rings is 1. The Labute approximate surface area is 151 Å². The van der Waals surface area contributed by atoms with Gasteiger partial charge in [0.05, 0.1) is 9.95 Å². The maximum atomic E-state index is 12.0. The van der Waals surface area contributed by atoms with Crippen LogP contribution in [0.15, 0.2) is 12.4 Å².